The summed E-state index contributed by atoms with van der Waals surface area (Å²) in [6.07, 6.45) is 1.25. The van der Waals surface area contributed by atoms with Crippen LogP contribution in [0, 0.1) is 0 Å². The van der Waals surface area contributed by atoms with Crippen molar-refractivity contribution < 1.29 is 4.79 Å². The Morgan fingerprint density at radius 3 is 1.44 bits per heavy atom. The molecule has 0 aliphatic heterocycles. The standard InChI is InChI=1S/C4H9NO.C3H8/c1-4(6)5(2)3;1-3-2/h1-3H3;3H2,1-2H3. The normalized spacial score (nSPS) is 7.22. The molecule has 0 aliphatic rings. The third-order valence-electron chi connectivity index (χ3n) is 0.630. The molecule has 56 valence electrons. The van der Waals surface area contributed by atoms with E-state index >= 15 is 0 Å². The zero-order valence-corrected chi connectivity index (χ0v) is 7.06. The molecule has 0 saturated carbocycles. The van der Waals surface area contributed by atoms with Crippen LogP contribution in [0.25, 0.3) is 0 Å². The topological polar surface area (TPSA) is 20.3 Å². The summed E-state index contributed by atoms with van der Waals surface area (Å²) in [5.74, 6) is 0.0926. The van der Waals surface area contributed by atoms with Crippen LogP contribution in [0.2, 0.25) is 0 Å². The summed E-state index contributed by atoms with van der Waals surface area (Å²) in [4.78, 5) is 11.6. The van der Waals surface area contributed by atoms with Crippen molar-refractivity contribution in [1.29, 1.82) is 0 Å². The molecule has 0 rings (SSSR count). The molecule has 2 nitrogen and oxygen atoms in total. The van der Waals surface area contributed by atoms with Crippen LogP contribution in [-0.4, -0.2) is 24.9 Å². The molecular formula is C7H17NO. The Hall–Kier alpha value is -0.530. The lowest BCUT2D eigenvalue weighted by Crippen LogP contribution is -2.17. The lowest BCUT2D eigenvalue weighted by molar-refractivity contribution is -0.126. The van der Waals surface area contributed by atoms with Gasteiger partial charge in [0.05, 0.1) is 0 Å². The highest BCUT2D eigenvalue weighted by molar-refractivity contribution is 5.72. The van der Waals surface area contributed by atoms with Gasteiger partial charge < -0.3 is 4.90 Å². The van der Waals surface area contributed by atoms with E-state index in [2.05, 4.69) is 13.8 Å². The fourth-order valence-electron chi connectivity index (χ4n) is 0. The highest BCUT2D eigenvalue weighted by Crippen LogP contribution is 1.69. The smallest absolute Gasteiger partial charge is 0.218 e. The van der Waals surface area contributed by atoms with Gasteiger partial charge in [0.1, 0.15) is 0 Å². The Kier molecular flexibility index (Phi) is 9.37. The van der Waals surface area contributed by atoms with E-state index in [1.165, 1.54) is 18.2 Å². The van der Waals surface area contributed by atoms with Crippen LogP contribution in [-0.2, 0) is 4.79 Å². The SMILES string of the molecule is CC(=O)N(C)C.CCC. The van der Waals surface area contributed by atoms with Crippen molar-refractivity contribution in [1.82, 2.24) is 4.90 Å². The van der Waals surface area contributed by atoms with Gasteiger partial charge >= 0.3 is 0 Å². The molecule has 0 spiro atoms. The maximum atomic E-state index is 10.1. The van der Waals surface area contributed by atoms with Gasteiger partial charge in [-0.1, -0.05) is 20.3 Å². The van der Waals surface area contributed by atoms with E-state index < -0.39 is 0 Å². The molecule has 0 radical (unpaired) electrons. The Bertz CT molecular complexity index is 69.3. The van der Waals surface area contributed by atoms with Gasteiger partial charge in [0.25, 0.3) is 0 Å². The van der Waals surface area contributed by atoms with Crippen LogP contribution < -0.4 is 0 Å². The number of carbonyl (C=O) groups is 1. The quantitative estimate of drug-likeness (QED) is 0.488. The predicted molar refractivity (Wildman–Crippen MR) is 40.3 cm³/mol. The van der Waals surface area contributed by atoms with E-state index in [9.17, 15) is 4.79 Å². The van der Waals surface area contributed by atoms with Crippen molar-refractivity contribution in [3.8, 4) is 0 Å². The lowest BCUT2D eigenvalue weighted by atomic mass is 10.6. The molecule has 9 heavy (non-hydrogen) atoms. The van der Waals surface area contributed by atoms with Crippen molar-refractivity contribution in [3.63, 3.8) is 0 Å². The Morgan fingerprint density at radius 1 is 1.33 bits per heavy atom. The summed E-state index contributed by atoms with van der Waals surface area (Å²) >= 11 is 0. The molecule has 0 bridgehead atoms. The lowest BCUT2D eigenvalue weighted by Gasteiger charge is -2.02. The van der Waals surface area contributed by atoms with Crippen LogP contribution in [0.3, 0.4) is 0 Å². The van der Waals surface area contributed by atoms with Crippen LogP contribution in [0.15, 0.2) is 0 Å². The van der Waals surface area contributed by atoms with E-state index in [0.717, 1.165) is 0 Å². The summed E-state index contributed by atoms with van der Waals surface area (Å²) in [5, 5.41) is 0. The van der Waals surface area contributed by atoms with Crippen LogP contribution >= 0.6 is 0 Å². The Morgan fingerprint density at radius 2 is 1.44 bits per heavy atom. The molecule has 2 heteroatoms. The van der Waals surface area contributed by atoms with Crippen LogP contribution in [0.4, 0.5) is 0 Å². The minimum Gasteiger partial charge on any atom is -0.349 e. The average Bonchev–Trinajstić information content (AvgIpc) is 1.68. The average molecular weight is 131 g/mol. The first-order valence-corrected chi connectivity index (χ1v) is 3.24. The molecule has 0 aromatic rings. The summed E-state index contributed by atoms with van der Waals surface area (Å²) in [6, 6.07) is 0. The van der Waals surface area contributed by atoms with Gasteiger partial charge in [-0.15, -0.1) is 0 Å². The molecule has 0 saturated heterocycles. The van der Waals surface area contributed by atoms with Gasteiger partial charge in [-0.25, -0.2) is 0 Å². The first kappa shape index (κ1) is 11.3. The maximum absolute atomic E-state index is 10.1. The summed E-state index contributed by atoms with van der Waals surface area (Å²) in [7, 11) is 3.45. The van der Waals surface area contributed by atoms with Gasteiger partial charge in [0, 0.05) is 21.0 Å². The minimum atomic E-state index is 0.0926. The van der Waals surface area contributed by atoms with Crippen molar-refractivity contribution in [2.24, 2.45) is 0 Å². The highest BCUT2D eigenvalue weighted by Gasteiger charge is 1.87. The Labute approximate surface area is 57.9 Å². The van der Waals surface area contributed by atoms with Crippen LogP contribution in [0.5, 0.6) is 0 Å². The van der Waals surface area contributed by atoms with E-state index in [1.807, 2.05) is 0 Å². The van der Waals surface area contributed by atoms with Gasteiger partial charge in [0.15, 0.2) is 0 Å². The van der Waals surface area contributed by atoms with Crippen molar-refractivity contribution >= 4 is 5.91 Å². The fraction of sp³-hybridized carbons (Fsp3) is 0.857. The molecule has 0 aliphatic carbocycles. The first-order chi connectivity index (χ1) is 4.06. The number of hydrogen-bond donors (Lipinski definition) is 0. The molecule has 0 fully saturated rings. The maximum Gasteiger partial charge on any atom is 0.218 e. The van der Waals surface area contributed by atoms with Gasteiger partial charge in [-0.3, -0.25) is 4.79 Å². The largest absolute Gasteiger partial charge is 0.349 e. The predicted octanol–water partition coefficient (Wildman–Crippen LogP) is 1.51. The zero-order valence-electron chi connectivity index (χ0n) is 7.06. The van der Waals surface area contributed by atoms with Crippen molar-refractivity contribution in [2.75, 3.05) is 14.1 Å². The second-order valence-electron chi connectivity index (χ2n) is 2.12. The van der Waals surface area contributed by atoms with Gasteiger partial charge in [0.2, 0.25) is 5.91 Å². The number of carbonyl (C=O) groups excluding carboxylic acids is 1. The number of hydrogen-bond acceptors (Lipinski definition) is 1. The van der Waals surface area contributed by atoms with E-state index in [4.69, 9.17) is 0 Å². The summed E-state index contributed by atoms with van der Waals surface area (Å²) < 4.78 is 0. The monoisotopic (exact) mass is 131 g/mol. The number of amides is 1. The molecule has 0 aromatic heterocycles. The number of rotatable bonds is 0. The third kappa shape index (κ3) is 18.6. The van der Waals surface area contributed by atoms with Gasteiger partial charge in [-0.2, -0.15) is 0 Å². The molecule has 0 unspecified atom stereocenters. The first-order valence-electron chi connectivity index (χ1n) is 3.24. The molecule has 0 N–H and O–H groups in total. The third-order valence-corrected chi connectivity index (χ3v) is 0.630. The van der Waals surface area contributed by atoms with Crippen molar-refractivity contribution in [3.05, 3.63) is 0 Å². The molecular weight excluding hydrogens is 114 g/mol. The molecule has 0 heterocycles. The molecule has 1 amide bonds. The van der Waals surface area contributed by atoms with E-state index in [-0.39, 0.29) is 5.91 Å². The molecule has 0 aromatic carbocycles. The molecule has 0 atom stereocenters. The van der Waals surface area contributed by atoms with Crippen LogP contribution in [0.1, 0.15) is 27.2 Å². The second-order valence-corrected chi connectivity index (χ2v) is 2.12. The van der Waals surface area contributed by atoms with E-state index in [0.29, 0.717) is 0 Å². The highest BCUT2D eigenvalue weighted by atomic mass is 16.2. The Balaban J connectivity index is 0. The zero-order chi connectivity index (χ0) is 7.86. The minimum absolute atomic E-state index is 0.0926. The van der Waals surface area contributed by atoms with Gasteiger partial charge in [-0.05, 0) is 0 Å². The summed E-state index contributed by atoms with van der Waals surface area (Å²) in [5.41, 5.74) is 0. The summed E-state index contributed by atoms with van der Waals surface area (Å²) in [6.45, 7) is 5.78. The second kappa shape index (κ2) is 7.47. The van der Waals surface area contributed by atoms with Crippen molar-refractivity contribution in [2.45, 2.75) is 27.2 Å². The fourth-order valence-corrected chi connectivity index (χ4v) is 0. The number of nitrogens with zero attached hydrogens (tertiary/aromatic N) is 1. The van der Waals surface area contributed by atoms with E-state index in [1.54, 1.807) is 14.1 Å².